The lowest BCUT2D eigenvalue weighted by Gasteiger charge is -2.11. The molecule has 0 bridgehead atoms. The Morgan fingerprint density at radius 2 is 1.93 bits per heavy atom. The van der Waals surface area contributed by atoms with Crippen molar-refractivity contribution >= 4 is 63.2 Å². The lowest BCUT2D eigenvalue weighted by Crippen LogP contribution is -2.27. The van der Waals surface area contributed by atoms with E-state index < -0.39 is 5.97 Å². The zero-order chi connectivity index (χ0) is 20.1. The predicted molar refractivity (Wildman–Crippen MR) is 116 cm³/mol. The molecule has 0 N–H and O–H groups in total. The molecule has 0 spiro atoms. The Kier molecular flexibility index (Phi) is 6.74. The first-order valence-corrected chi connectivity index (χ1v) is 10.3. The van der Waals surface area contributed by atoms with E-state index in [2.05, 4.69) is 22.6 Å². The summed E-state index contributed by atoms with van der Waals surface area (Å²) in [6, 6.07) is 14.1. The van der Waals surface area contributed by atoms with E-state index in [0.717, 1.165) is 25.8 Å². The molecule has 0 aromatic heterocycles. The number of benzene rings is 2. The smallest absolute Gasteiger partial charge is 0.344 e. The SMILES string of the molecule is CCOC(=O)COc1ccc(/C=C2\SC(=O)N(c3ccccc3)C2=O)cc1I. The fourth-order valence-electron chi connectivity index (χ4n) is 2.48. The summed E-state index contributed by atoms with van der Waals surface area (Å²) in [4.78, 5) is 37.8. The number of para-hydroxylation sites is 1. The van der Waals surface area contributed by atoms with Crippen LogP contribution in [0.2, 0.25) is 0 Å². The number of hydrogen-bond donors (Lipinski definition) is 0. The Labute approximate surface area is 180 Å². The zero-order valence-corrected chi connectivity index (χ0v) is 17.9. The average Bonchev–Trinajstić information content (AvgIpc) is 2.95. The number of rotatable bonds is 6. The molecule has 2 amide bonds. The predicted octanol–water partition coefficient (Wildman–Crippen LogP) is 4.47. The molecular formula is C20H16INO5S. The zero-order valence-electron chi connectivity index (χ0n) is 14.9. The van der Waals surface area contributed by atoms with Gasteiger partial charge in [0.2, 0.25) is 0 Å². The van der Waals surface area contributed by atoms with Crippen LogP contribution in [-0.4, -0.2) is 30.3 Å². The minimum Gasteiger partial charge on any atom is -0.481 e. The third-order valence-corrected chi connectivity index (χ3v) is 5.43. The van der Waals surface area contributed by atoms with Crippen molar-refractivity contribution in [2.24, 2.45) is 0 Å². The van der Waals surface area contributed by atoms with E-state index >= 15 is 0 Å². The maximum Gasteiger partial charge on any atom is 0.344 e. The highest BCUT2D eigenvalue weighted by molar-refractivity contribution is 14.1. The maximum atomic E-state index is 12.6. The summed E-state index contributed by atoms with van der Waals surface area (Å²) in [5.74, 6) is -0.237. The monoisotopic (exact) mass is 509 g/mol. The Hall–Kier alpha value is -2.33. The Bertz CT molecular complexity index is 945. The van der Waals surface area contributed by atoms with Gasteiger partial charge >= 0.3 is 5.97 Å². The minimum absolute atomic E-state index is 0.168. The molecule has 3 rings (SSSR count). The molecule has 1 aliphatic rings. The summed E-state index contributed by atoms with van der Waals surface area (Å²) < 4.78 is 11.1. The lowest BCUT2D eigenvalue weighted by atomic mass is 10.2. The van der Waals surface area contributed by atoms with Crippen LogP contribution in [0.5, 0.6) is 5.75 Å². The summed E-state index contributed by atoms with van der Waals surface area (Å²) in [6.07, 6.45) is 1.67. The van der Waals surface area contributed by atoms with Gasteiger partial charge in [0.15, 0.2) is 6.61 Å². The van der Waals surface area contributed by atoms with Crippen molar-refractivity contribution in [2.45, 2.75) is 6.92 Å². The molecular weight excluding hydrogens is 493 g/mol. The number of amides is 2. The molecule has 2 aromatic rings. The van der Waals surface area contributed by atoms with Crippen molar-refractivity contribution < 1.29 is 23.9 Å². The largest absolute Gasteiger partial charge is 0.481 e. The van der Waals surface area contributed by atoms with Crippen molar-refractivity contribution in [3.63, 3.8) is 0 Å². The molecule has 28 heavy (non-hydrogen) atoms. The molecule has 2 aromatic carbocycles. The number of thioether (sulfide) groups is 1. The van der Waals surface area contributed by atoms with E-state index in [9.17, 15) is 14.4 Å². The highest BCUT2D eigenvalue weighted by atomic mass is 127. The van der Waals surface area contributed by atoms with Crippen LogP contribution in [-0.2, 0) is 14.3 Å². The number of nitrogens with zero attached hydrogens (tertiary/aromatic N) is 1. The Morgan fingerprint density at radius 3 is 2.61 bits per heavy atom. The van der Waals surface area contributed by atoms with Gasteiger partial charge in [0.25, 0.3) is 11.1 Å². The van der Waals surface area contributed by atoms with E-state index in [-0.39, 0.29) is 17.8 Å². The lowest BCUT2D eigenvalue weighted by molar-refractivity contribution is -0.145. The van der Waals surface area contributed by atoms with E-state index in [1.807, 2.05) is 12.1 Å². The molecule has 0 unspecified atom stereocenters. The number of carbonyl (C=O) groups excluding carboxylic acids is 3. The van der Waals surface area contributed by atoms with Gasteiger partial charge in [-0.25, -0.2) is 9.69 Å². The van der Waals surface area contributed by atoms with Gasteiger partial charge in [-0.3, -0.25) is 9.59 Å². The van der Waals surface area contributed by atoms with Crippen molar-refractivity contribution in [1.29, 1.82) is 0 Å². The normalized spacial score (nSPS) is 15.2. The summed E-state index contributed by atoms with van der Waals surface area (Å²) in [5.41, 5.74) is 1.30. The first-order valence-electron chi connectivity index (χ1n) is 8.40. The van der Waals surface area contributed by atoms with Gasteiger partial charge in [0.1, 0.15) is 5.75 Å². The third kappa shape index (κ3) is 4.74. The maximum absolute atomic E-state index is 12.6. The summed E-state index contributed by atoms with van der Waals surface area (Å²) in [5, 5.41) is -0.327. The van der Waals surface area contributed by atoms with Crippen LogP contribution < -0.4 is 9.64 Å². The Morgan fingerprint density at radius 1 is 1.18 bits per heavy atom. The third-order valence-electron chi connectivity index (χ3n) is 3.71. The van der Waals surface area contributed by atoms with Gasteiger partial charge in [-0.15, -0.1) is 0 Å². The standard InChI is InChI=1S/C20H16INO5S/c1-2-26-18(23)12-27-16-9-8-13(10-15(16)21)11-17-19(24)22(20(25)28-17)14-6-4-3-5-7-14/h3-11H,2,12H2,1H3/b17-11-. The quantitative estimate of drug-likeness (QED) is 0.325. The van der Waals surface area contributed by atoms with Gasteiger partial charge in [-0.1, -0.05) is 24.3 Å². The van der Waals surface area contributed by atoms with Gasteiger partial charge in [-0.2, -0.15) is 0 Å². The molecule has 0 radical (unpaired) electrons. The van der Waals surface area contributed by atoms with Gasteiger partial charge in [-0.05, 0) is 77.2 Å². The van der Waals surface area contributed by atoms with E-state index in [1.165, 1.54) is 0 Å². The van der Waals surface area contributed by atoms with Crippen LogP contribution in [0.3, 0.4) is 0 Å². The number of esters is 1. The average molecular weight is 509 g/mol. The fourth-order valence-corrected chi connectivity index (χ4v) is 4.02. The van der Waals surface area contributed by atoms with Crippen LogP contribution in [0.1, 0.15) is 12.5 Å². The molecule has 1 saturated heterocycles. The first kappa shape index (κ1) is 20.4. The van der Waals surface area contributed by atoms with Crippen LogP contribution in [0, 0.1) is 3.57 Å². The molecule has 8 heteroatoms. The second-order valence-electron chi connectivity index (χ2n) is 5.64. The molecule has 0 atom stereocenters. The number of halogens is 1. The van der Waals surface area contributed by atoms with Crippen molar-refractivity contribution in [1.82, 2.24) is 0 Å². The second-order valence-corrected chi connectivity index (χ2v) is 7.79. The summed E-state index contributed by atoms with van der Waals surface area (Å²) in [7, 11) is 0. The molecule has 0 saturated carbocycles. The van der Waals surface area contributed by atoms with Crippen LogP contribution in [0.25, 0.3) is 6.08 Å². The molecule has 0 aliphatic carbocycles. The van der Waals surface area contributed by atoms with Crippen molar-refractivity contribution in [2.75, 3.05) is 18.1 Å². The Balaban J connectivity index is 1.75. The number of ether oxygens (including phenoxy) is 2. The number of hydrogen-bond acceptors (Lipinski definition) is 6. The van der Waals surface area contributed by atoms with Gasteiger partial charge in [0.05, 0.1) is 20.8 Å². The van der Waals surface area contributed by atoms with Gasteiger partial charge in [0, 0.05) is 0 Å². The molecule has 6 nitrogen and oxygen atoms in total. The molecule has 1 aliphatic heterocycles. The van der Waals surface area contributed by atoms with Crippen LogP contribution >= 0.6 is 34.4 Å². The molecule has 1 heterocycles. The summed E-state index contributed by atoms with van der Waals surface area (Å²) >= 11 is 2.99. The van der Waals surface area contributed by atoms with Crippen molar-refractivity contribution in [3.8, 4) is 5.75 Å². The first-order chi connectivity index (χ1) is 13.5. The second kappa shape index (κ2) is 9.24. The number of anilines is 1. The summed E-state index contributed by atoms with van der Waals surface area (Å²) in [6.45, 7) is 1.87. The highest BCUT2D eigenvalue weighted by Crippen LogP contribution is 2.36. The highest BCUT2D eigenvalue weighted by Gasteiger charge is 2.36. The van der Waals surface area contributed by atoms with Crippen molar-refractivity contribution in [3.05, 3.63) is 62.6 Å². The minimum atomic E-state index is -0.433. The number of carbonyl (C=O) groups is 3. The van der Waals surface area contributed by atoms with E-state index in [0.29, 0.717) is 22.9 Å². The fraction of sp³-hybridized carbons (Fsp3) is 0.150. The molecule has 1 fully saturated rings. The topological polar surface area (TPSA) is 72.9 Å². The van der Waals surface area contributed by atoms with Gasteiger partial charge < -0.3 is 9.47 Å². The van der Waals surface area contributed by atoms with Crippen LogP contribution in [0.15, 0.2) is 53.4 Å². The van der Waals surface area contributed by atoms with E-state index in [1.54, 1.807) is 49.4 Å². The van der Waals surface area contributed by atoms with Crippen LogP contribution in [0.4, 0.5) is 10.5 Å². The molecule has 144 valence electrons. The van der Waals surface area contributed by atoms with E-state index in [4.69, 9.17) is 9.47 Å². The number of imide groups is 1.